The number of imidazole rings is 1. The number of esters is 1. The Morgan fingerprint density at radius 3 is 2.80 bits per heavy atom. The first kappa shape index (κ1) is 17.0. The summed E-state index contributed by atoms with van der Waals surface area (Å²) in [5.41, 5.74) is 1.46. The Balaban J connectivity index is 1.90. The number of fused-ring (bicyclic) bond motifs is 1. The van der Waals surface area contributed by atoms with E-state index in [0.29, 0.717) is 10.7 Å². The predicted molar refractivity (Wildman–Crippen MR) is 94.1 cm³/mol. The third kappa shape index (κ3) is 3.66. The highest BCUT2D eigenvalue weighted by molar-refractivity contribution is 7.99. The van der Waals surface area contributed by atoms with Crippen LogP contribution < -0.4 is 0 Å². The van der Waals surface area contributed by atoms with Crippen molar-refractivity contribution in [2.24, 2.45) is 0 Å². The average Bonchev–Trinajstić information content (AvgIpc) is 3.26. The van der Waals surface area contributed by atoms with Crippen molar-refractivity contribution < 1.29 is 14.6 Å². The van der Waals surface area contributed by atoms with E-state index >= 15 is 0 Å². The van der Waals surface area contributed by atoms with Gasteiger partial charge in [-0.25, -0.2) is 14.8 Å². The fourth-order valence-electron chi connectivity index (χ4n) is 2.23. The Labute approximate surface area is 147 Å². The summed E-state index contributed by atoms with van der Waals surface area (Å²) in [6, 6.07) is 7.36. The maximum atomic E-state index is 12.1. The molecule has 0 spiro atoms. The number of nitrogens with one attached hydrogen (secondary N) is 2. The largest absolute Gasteiger partial charge is 0.510 e. The zero-order chi connectivity index (χ0) is 17.8. The van der Waals surface area contributed by atoms with E-state index in [1.165, 1.54) is 18.9 Å². The topological polar surface area (TPSA) is 117 Å². The van der Waals surface area contributed by atoms with Gasteiger partial charge in [0, 0.05) is 6.42 Å². The van der Waals surface area contributed by atoms with Gasteiger partial charge in [0.05, 0.1) is 23.9 Å². The van der Waals surface area contributed by atoms with E-state index in [-0.39, 0.29) is 22.9 Å². The van der Waals surface area contributed by atoms with E-state index in [9.17, 15) is 9.90 Å². The summed E-state index contributed by atoms with van der Waals surface area (Å²) in [7, 11) is 1.26. The molecular formula is C16H17N5O3S. The number of carbonyl (C=O) groups excluding carboxylic acids is 1. The summed E-state index contributed by atoms with van der Waals surface area (Å²) in [5.74, 6) is 0.314. The summed E-state index contributed by atoms with van der Waals surface area (Å²) in [4.78, 5) is 23.8. The summed E-state index contributed by atoms with van der Waals surface area (Å²) in [6.07, 6.45) is 0.738. The molecule has 0 aliphatic rings. The lowest BCUT2D eigenvalue weighted by molar-refractivity contribution is -0.133. The maximum Gasteiger partial charge on any atom is 0.345 e. The predicted octanol–water partition coefficient (Wildman–Crippen LogP) is 2.48. The van der Waals surface area contributed by atoms with Crippen LogP contribution in [-0.2, 0) is 16.0 Å². The Kier molecular flexibility index (Phi) is 5.03. The molecule has 130 valence electrons. The van der Waals surface area contributed by atoms with Crippen LogP contribution in [0.1, 0.15) is 18.6 Å². The maximum absolute atomic E-state index is 12.1. The molecule has 3 N–H and O–H groups in total. The first-order valence-electron chi connectivity index (χ1n) is 7.62. The van der Waals surface area contributed by atoms with Gasteiger partial charge in [-0.15, -0.1) is 5.10 Å². The van der Waals surface area contributed by atoms with E-state index in [2.05, 4.69) is 25.1 Å². The number of aromatic amines is 2. The molecule has 0 unspecified atom stereocenters. The van der Waals surface area contributed by atoms with Gasteiger partial charge in [-0.3, -0.25) is 5.10 Å². The van der Waals surface area contributed by atoms with Gasteiger partial charge >= 0.3 is 5.97 Å². The fraction of sp³-hybridized carbons (Fsp3) is 0.250. The second-order valence-corrected chi connectivity index (χ2v) is 6.07. The number of methoxy groups -OCH3 is 1. The molecule has 3 rings (SSSR count). The molecule has 8 nitrogen and oxygen atoms in total. The van der Waals surface area contributed by atoms with Crippen LogP contribution in [0.4, 0.5) is 0 Å². The molecule has 0 aliphatic carbocycles. The van der Waals surface area contributed by atoms with Gasteiger partial charge in [0.1, 0.15) is 23.0 Å². The number of para-hydroxylation sites is 2. The summed E-state index contributed by atoms with van der Waals surface area (Å²) < 4.78 is 4.79. The number of hydrogen-bond donors (Lipinski definition) is 3. The van der Waals surface area contributed by atoms with Crippen LogP contribution in [0.5, 0.6) is 0 Å². The third-order valence-corrected chi connectivity index (χ3v) is 4.35. The smallest absolute Gasteiger partial charge is 0.345 e. The molecule has 0 saturated carbocycles. The normalized spacial score (nSPS) is 12.2. The van der Waals surface area contributed by atoms with E-state index in [4.69, 9.17) is 4.74 Å². The Hall–Kier alpha value is -2.81. The number of H-pyrrole nitrogens is 2. The highest BCUT2D eigenvalue weighted by Gasteiger charge is 2.22. The second-order valence-electron chi connectivity index (χ2n) is 5.12. The summed E-state index contributed by atoms with van der Waals surface area (Å²) >= 11 is 1.21. The van der Waals surface area contributed by atoms with E-state index in [1.54, 1.807) is 0 Å². The monoisotopic (exact) mass is 359 g/mol. The van der Waals surface area contributed by atoms with Gasteiger partial charge in [-0.05, 0) is 12.1 Å². The average molecular weight is 359 g/mol. The number of benzene rings is 1. The van der Waals surface area contributed by atoms with Crippen LogP contribution >= 0.6 is 11.8 Å². The molecule has 0 atom stereocenters. The van der Waals surface area contributed by atoms with Gasteiger partial charge in [0.2, 0.25) is 5.16 Å². The zero-order valence-corrected chi connectivity index (χ0v) is 14.6. The molecular weight excluding hydrogens is 342 g/mol. The Morgan fingerprint density at radius 2 is 2.12 bits per heavy atom. The molecule has 3 aromatic rings. The number of aromatic nitrogens is 5. The summed E-state index contributed by atoms with van der Waals surface area (Å²) in [5, 5.41) is 17.8. The zero-order valence-electron chi connectivity index (χ0n) is 13.7. The molecule has 0 amide bonds. The van der Waals surface area contributed by atoms with E-state index in [1.807, 2.05) is 31.2 Å². The van der Waals surface area contributed by atoms with E-state index in [0.717, 1.165) is 17.8 Å². The number of aliphatic hydroxyl groups excluding tert-OH is 1. The van der Waals surface area contributed by atoms with Crippen molar-refractivity contribution in [3.63, 3.8) is 0 Å². The number of aliphatic hydroxyl groups is 1. The lowest BCUT2D eigenvalue weighted by Crippen LogP contribution is -2.09. The molecule has 2 aromatic heterocycles. The standard InChI is InChI=1S/C16H17N5O3S/c1-3-12-19-16(21-20-12)25-8-11(22)13(15(23)24-2)14-17-9-6-4-5-7-10(9)18-14/h4-7,22H,3,8H2,1-2H3,(H,17,18)(H,19,20,21)/b13-11+. The molecule has 0 bridgehead atoms. The third-order valence-electron chi connectivity index (χ3n) is 3.49. The van der Waals surface area contributed by atoms with Crippen LogP contribution in [0.15, 0.2) is 35.2 Å². The van der Waals surface area contributed by atoms with Crippen molar-refractivity contribution in [1.29, 1.82) is 0 Å². The van der Waals surface area contributed by atoms with Crippen molar-refractivity contribution in [3.05, 3.63) is 41.7 Å². The molecule has 1 aromatic carbocycles. The summed E-state index contributed by atoms with van der Waals surface area (Å²) in [6.45, 7) is 1.96. The molecule has 0 fully saturated rings. The molecule has 0 aliphatic heterocycles. The van der Waals surface area contributed by atoms with Crippen molar-refractivity contribution in [2.75, 3.05) is 12.9 Å². The van der Waals surface area contributed by atoms with Gasteiger partial charge in [-0.1, -0.05) is 30.8 Å². The number of aryl methyl sites for hydroxylation is 1. The number of thioether (sulfide) groups is 1. The first-order chi connectivity index (χ1) is 12.1. The molecule has 25 heavy (non-hydrogen) atoms. The molecule has 9 heteroatoms. The lowest BCUT2D eigenvalue weighted by atomic mass is 10.2. The van der Waals surface area contributed by atoms with Crippen LogP contribution in [0, 0.1) is 0 Å². The van der Waals surface area contributed by atoms with Gasteiger partial charge in [-0.2, -0.15) is 0 Å². The fourth-order valence-corrected chi connectivity index (χ4v) is 2.93. The number of ether oxygens (including phenoxy) is 1. The van der Waals surface area contributed by atoms with Gasteiger partial charge in [0.25, 0.3) is 0 Å². The first-order valence-corrected chi connectivity index (χ1v) is 8.60. The SMILES string of the molecule is CCc1nc(SC/C(O)=C(\C(=O)OC)c2nc3ccccc3[nH]2)n[nH]1. The van der Waals surface area contributed by atoms with Crippen LogP contribution in [0.2, 0.25) is 0 Å². The van der Waals surface area contributed by atoms with Crippen molar-refractivity contribution >= 4 is 34.3 Å². The minimum absolute atomic E-state index is 0.00236. The van der Waals surface area contributed by atoms with Crippen molar-refractivity contribution in [1.82, 2.24) is 25.1 Å². The number of carbonyl (C=O) groups is 1. The minimum atomic E-state index is -0.665. The molecule has 2 heterocycles. The highest BCUT2D eigenvalue weighted by Crippen LogP contribution is 2.24. The van der Waals surface area contributed by atoms with Gasteiger partial charge in [0.15, 0.2) is 0 Å². The Bertz CT molecular complexity index is 898. The van der Waals surface area contributed by atoms with E-state index < -0.39 is 5.97 Å². The molecule has 0 saturated heterocycles. The Morgan fingerprint density at radius 1 is 1.32 bits per heavy atom. The number of hydrogen-bond acceptors (Lipinski definition) is 7. The second kappa shape index (κ2) is 7.39. The van der Waals surface area contributed by atoms with Gasteiger partial charge < -0.3 is 14.8 Å². The van der Waals surface area contributed by atoms with Crippen LogP contribution in [0.25, 0.3) is 16.6 Å². The molecule has 0 radical (unpaired) electrons. The lowest BCUT2D eigenvalue weighted by Gasteiger charge is -2.06. The van der Waals surface area contributed by atoms with Crippen molar-refractivity contribution in [3.8, 4) is 0 Å². The van der Waals surface area contributed by atoms with Crippen LogP contribution in [0.3, 0.4) is 0 Å². The number of rotatable bonds is 6. The quantitative estimate of drug-likeness (QED) is 0.268. The highest BCUT2D eigenvalue weighted by atomic mass is 32.2. The van der Waals surface area contributed by atoms with Crippen molar-refractivity contribution in [2.45, 2.75) is 18.5 Å². The van der Waals surface area contributed by atoms with Crippen LogP contribution in [-0.4, -0.2) is 49.1 Å². The minimum Gasteiger partial charge on any atom is -0.510 e. The number of nitrogens with zero attached hydrogens (tertiary/aromatic N) is 3.